The highest BCUT2D eigenvalue weighted by Gasteiger charge is 2.30. The Balaban J connectivity index is 1.79. The van der Waals surface area contributed by atoms with Crippen LogP contribution in [0.15, 0.2) is 42.5 Å². The van der Waals surface area contributed by atoms with Crippen molar-refractivity contribution in [2.75, 3.05) is 0 Å². The molecule has 1 aliphatic rings. The number of fused-ring (bicyclic) bond motifs is 1. The van der Waals surface area contributed by atoms with Crippen LogP contribution < -0.4 is 10.5 Å². The topological polar surface area (TPSA) is 35.2 Å². The minimum absolute atomic E-state index is 0.0301. The summed E-state index contributed by atoms with van der Waals surface area (Å²) in [6.45, 7) is 4.22. The Morgan fingerprint density at radius 3 is 2.81 bits per heavy atom. The molecule has 21 heavy (non-hydrogen) atoms. The minimum Gasteiger partial charge on any atom is -0.487 e. The zero-order chi connectivity index (χ0) is 15.0. The van der Waals surface area contributed by atoms with Crippen LogP contribution in [0.25, 0.3) is 0 Å². The number of halogens is 1. The Labute approximate surface area is 130 Å². The lowest BCUT2D eigenvalue weighted by atomic mass is 9.95. The molecule has 0 aromatic heterocycles. The lowest BCUT2D eigenvalue weighted by Gasteiger charge is -2.16. The number of benzene rings is 2. The molecule has 1 unspecified atom stereocenters. The van der Waals surface area contributed by atoms with Crippen molar-refractivity contribution in [2.24, 2.45) is 5.73 Å². The van der Waals surface area contributed by atoms with Gasteiger partial charge in [-0.3, -0.25) is 0 Å². The molecule has 3 rings (SSSR count). The van der Waals surface area contributed by atoms with E-state index in [0.29, 0.717) is 0 Å². The third-order valence-electron chi connectivity index (χ3n) is 3.86. The molecule has 2 N–H and O–H groups in total. The van der Waals surface area contributed by atoms with Gasteiger partial charge in [0.2, 0.25) is 0 Å². The van der Waals surface area contributed by atoms with Crippen LogP contribution >= 0.6 is 11.6 Å². The summed E-state index contributed by atoms with van der Waals surface area (Å²) in [7, 11) is 0. The molecule has 2 aromatic carbocycles. The monoisotopic (exact) mass is 301 g/mol. The van der Waals surface area contributed by atoms with Crippen molar-refractivity contribution in [1.82, 2.24) is 0 Å². The maximum absolute atomic E-state index is 6.35. The van der Waals surface area contributed by atoms with Crippen molar-refractivity contribution in [2.45, 2.75) is 38.3 Å². The van der Waals surface area contributed by atoms with Gasteiger partial charge in [-0.15, -0.1) is 0 Å². The van der Waals surface area contributed by atoms with Gasteiger partial charge in [0, 0.05) is 17.5 Å². The summed E-state index contributed by atoms with van der Waals surface area (Å²) in [6.07, 6.45) is 1.71. The molecule has 1 atom stereocenters. The summed E-state index contributed by atoms with van der Waals surface area (Å²) in [6, 6.07) is 14.1. The highest BCUT2D eigenvalue weighted by atomic mass is 35.5. The van der Waals surface area contributed by atoms with Crippen molar-refractivity contribution < 1.29 is 4.74 Å². The van der Waals surface area contributed by atoms with Gasteiger partial charge in [-0.1, -0.05) is 35.9 Å². The first kappa shape index (κ1) is 14.4. The van der Waals surface area contributed by atoms with Gasteiger partial charge in [-0.2, -0.15) is 0 Å². The molecule has 0 bridgehead atoms. The Morgan fingerprint density at radius 2 is 2.05 bits per heavy atom. The normalized spacial score (nSPS) is 17.1. The standard InChI is InChI=1S/C18H20ClNO/c1-18(2)11-14-10-13(6-7-17(14)21-18)16(20)9-12-4-3-5-15(19)8-12/h3-8,10,16H,9,11,20H2,1-2H3. The Bertz CT molecular complexity index is 666. The first-order chi connectivity index (χ1) is 9.93. The number of ether oxygens (including phenoxy) is 1. The highest BCUT2D eigenvalue weighted by Crippen LogP contribution is 2.36. The molecular formula is C18H20ClNO. The molecule has 3 heteroatoms. The summed E-state index contributed by atoms with van der Waals surface area (Å²) in [4.78, 5) is 0. The summed E-state index contributed by atoms with van der Waals surface area (Å²) in [5.41, 5.74) is 9.80. The zero-order valence-electron chi connectivity index (χ0n) is 12.4. The van der Waals surface area contributed by atoms with E-state index in [1.54, 1.807) is 0 Å². The van der Waals surface area contributed by atoms with Gasteiger partial charge in [0.1, 0.15) is 11.4 Å². The van der Waals surface area contributed by atoms with Crippen LogP contribution in [0.2, 0.25) is 5.02 Å². The van der Waals surface area contributed by atoms with Gasteiger partial charge >= 0.3 is 0 Å². The fourth-order valence-electron chi connectivity index (χ4n) is 2.90. The van der Waals surface area contributed by atoms with Crippen LogP contribution in [0.4, 0.5) is 0 Å². The molecule has 0 saturated carbocycles. The van der Waals surface area contributed by atoms with E-state index >= 15 is 0 Å². The van der Waals surface area contributed by atoms with E-state index in [4.69, 9.17) is 22.1 Å². The fraction of sp³-hybridized carbons (Fsp3) is 0.333. The third kappa shape index (κ3) is 3.22. The van der Waals surface area contributed by atoms with Crippen LogP contribution in [0.5, 0.6) is 5.75 Å². The van der Waals surface area contributed by atoms with Gasteiger partial charge in [0.25, 0.3) is 0 Å². The second-order valence-electron chi connectivity index (χ2n) is 6.35. The molecule has 0 spiro atoms. The highest BCUT2D eigenvalue weighted by molar-refractivity contribution is 6.30. The van der Waals surface area contributed by atoms with Crippen LogP contribution in [-0.2, 0) is 12.8 Å². The van der Waals surface area contributed by atoms with E-state index in [1.165, 1.54) is 5.56 Å². The maximum atomic E-state index is 6.35. The molecule has 0 radical (unpaired) electrons. The Hall–Kier alpha value is -1.51. The SMILES string of the molecule is CC1(C)Cc2cc(C(N)Cc3cccc(Cl)c3)ccc2O1. The van der Waals surface area contributed by atoms with Gasteiger partial charge in [-0.05, 0) is 55.2 Å². The second-order valence-corrected chi connectivity index (χ2v) is 6.78. The van der Waals surface area contributed by atoms with E-state index in [1.807, 2.05) is 24.3 Å². The Morgan fingerprint density at radius 1 is 1.24 bits per heavy atom. The lowest BCUT2D eigenvalue weighted by Crippen LogP contribution is -2.24. The van der Waals surface area contributed by atoms with E-state index in [-0.39, 0.29) is 11.6 Å². The van der Waals surface area contributed by atoms with E-state index in [9.17, 15) is 0 Å². The zero-order valence-corrected chi connectivity index (χ0v) is 13.2. The first-order valence-electron chi connectivity index (χ1n) is 7.25. The third-order valence-corrected chi connectivity index (χ3v) is 4.09. The van der Waals surface area contributed by atoms with Gasteiger partial charge in [0.05, 0.1) is 0 Å². The molecule has 0 aliphatic carbocycles. The molecule has 1 heterocycles. The molecule has 2 aromatic rings. The minimum atomic E-state index is -0.113. The van der Waals surface area contributed by atoms with Gasteiger partial charge in [-0.25, -0.2) is 0 Å². The number of nitrogens with two attached hydrogens (primary N) is 1. The predicted molar refractivity (Wildman–Crippen MR) is 86.9 cm³/mol. The van der Waals surface area contributed by atoms with Gasteiger partial charge < -0.3 is 10.5 Å². The fourth-order valence-corrected chi connectivity index (χ4v) is 3.11. The molecule has 110 valence electrons. The smallest absolute Gasteiger partial charge is 0.123 e. The summed E-state index contributed by atoms with van der Waals surface area (Å²) < 4.78 is 5.90. The van der Waals surface area contributed by atoms with E-state index in [0.717, 1.165) is 34.7 Å². The van der Waals surface area contributed by atoms with Crippen LogP contribution in [-0.4, -0.2) is 5.60 Å². The summed E-state index contributed by atoms with van der Waals surface area (Å²) >= 11 is 6.03. The molecule has 2 nitrogen and oxygen atoms in total. The van der Waals surface area contributed by atoms with E-state index < -0.39 is 0 Å². The molecular weight excluding hydrogens is 282 g/mol. The van der Waals surface area contributed by atoms with Crippen molar-refractivity contribution in [3.05, 3.63) is 64.2 Å². The van der Waals surface area contributed by atoms with Crippen molar-refractivity contribution >= 4 is 11.6 Å². The second kappa shape index (κ2) is 5.36. The number of rotatable bonds is 3. The molecule has 0 amide bonds. The lowest BCUT2D eigenvalue weighted by molar-refractivity contribution is 0.138. The maximum Gasteiger partial charge on any atom is 0.123 e. The van der Waals surface area contributed by atoms with Gasteiger partial charge in [0.15, 0.2) is 0 Å². The van der Waals surface area contributed by atoms with Crippen LogP contribution in [0.1, 0.15) is 36.6 Å². The number of hydrogen-bond donors (Lipinski definition) is 1. The largest absolute Gasteiger partial charge is 0.487 e. The van der Waals surface area contributed by atoms with Crippen molar-refractivity contribution in [3.8, 4) is 5.75 Å². The first-order valence-corrected chi connectivity index (χ1v) is 7.63. The molecule has 0 saturated heterocycles. The molecule has 1 aliphatic heterocycles. The Kier molecular flexibility index (Phi) is 3.68. The summed E-state index contributed by atoms with van der Waals surface area (Å²) in [5, 5.41) is 0.754. The average molecular weight is 302 g/mol. The van der Waals surface area contributed by atoms with Crippen molar-refractivity contribution in [1.29, 1.82) is 0 Å². The van der Waals surface area contributed by atoms with Crippen molar-refractivity contribution in [3.63, 3.8) is 0 Å². The van der Waals surface area contributed by atoms with Crippen LogP contribution in [0.3, 0.4) is 0 Å². The number of hydrogen-bond acceptors (Lipinski definition) is 2. The quantitative estimate of drug-likeness (QED) is 0.917. The van der Waals surface area contributed by atoms with E-state index in [2.05, 4.69) is 32.0 Å². The average Bonchev–Trinajstić information content (AvgIpc) is 2.71. The molecule has 0 fully saturated rings. The van der Waals surface area contributed by atoms with Crippen LogP contribution in [0, 0.1) is 0 Å². The summed E-state index contributed by atoms with van der Waals surface area (Å²) in [5.74, 6) is 0.985. The predicted octanol–water partition coefficient (Wildman–Crippen LogP) is 4.30.